The highest BCUT2D eigenvalue weighted by atomic mass is 79.9. The van der Waals surface area contributed by atoms with Crippen LogP contribution in [0.25, 0.3) is 6.08 Å². The molecule has 0 radical (unpaired) electrons. The topological polar surface area (TPSA) is 103 Å². The van der Waals surface area contributed by atoms with E-state index in [1.165, 1.54) is 6.08 Å². The maximum absolute atomic E-state index is 11.9. The lowest BCUT2D eigenvalue weighted by molar-refractivity contribution is -0.139. The smallest absolute Gasteiger partial charge is 0.331 e. The average molecular weight is 426 g/mol. The van der Waals surface area contributed by atoms with Gasteiger partial charge < -0.3 is 15.8 Å². The molecule has 0 saturated carbocycles. The molecule has 1 heterocycles. The van der Waals surface area contributed by atoms with E-state index < -0.39 is 5.97 Å². The van der Waals surface area contributed by atoms with Gasteiger partial charge in [-0.2, -0.15) is 15.0 Å². The molecule has 0 fully saturated rings. The molecule has 1 aromatic heterocycles. The Hall–Kier alpha value is -3.26. The highest BCUT2D eigenvalue weighted by Gasteiger charge is 2.07. The van der Waals surface area contributed by atoms with Crippen molar-refractivity contribution < 1.29 is 9.53 Å². The maximum Gasteiger partial charge on any atom is 0.331 e. The number of hydrogen-bond acceptors (Lipinski definition) is 7. The lowest BCUT2D eigenvalue weighted by Crippen LogP contribution is -2.10. The van der Waals surface area contributed by atoms with E-state index in [1.807, 2.05) is 54.6 Å². The number of nitrogens with one attached hydrogen (secondary N) is 1. The number of hydrogen-bond donors (Lipinski definition) is 2. The van der Waals surface area contributed by atoms with E-state index in [0.717, 1.165) is 15.7 Å². The number of para-hydroxylation sites is 1. The zero-order chi connectivity index (χ0) is 19.1. The first kappa shape index (κ1) is 18.5. The first-order valence-corrected chi connectivity index (χ1v) is 8.81. The number of nitrogens with zero attached hydrogens (tertiary/aromatic N) is 3. The normalized spacial score (nSPS) is 10.7. The molecule has 136 valence electrons. The Morgan fingerprint density at radius 2 is 1.93 bits per heavy atom. The van der Waals surface area contributed by atoms with Gasteiger partial charge >= 0.3 is 5.97 Å². The fourth-order valence-electron chi connectivity index (χ4n) is 2.17. The predicted octanol–water partition coefficient (Wildman–Crippen LogP) is 3.72. The van der Waals surface area contributed by atoms with Crippen LogP contribution in [0.4, 0.5) is 17.6 Å². The summed E-state index contributed by atoms with van der Waals surface area (Å²) < 4.78 is 6.09. The van der Waals surface area contributed by atoms with Gasteiger partial charge in [-0.05, 0) is 35.9 Å². The second kappa shape index (κ2) is 8.91. The van der Waals surface area contributed by atoms with Gasteiger partial charge in [0.15, 0.2) is 12.4 Å². The van der Waals surface area contributed by atoms with Crippen LogP contribution in [-0.2, 0) is 16.1 Å². The highest BCUT2D eigenvalue weighted by molar-refractivity contribution is 9.10. The number of nitrogen functional groups attached to an aromatic ring is 1. The quantitative estimate of drug-likeness (QED) is 0.458. The summed E-state index contributed by atoms with van der Waals surface area (Å²) in [5.74, 6) is 0.0697. The van der Waals surface area contributed by atoms with Crippen LogP contribution in [0.15, 0.2) is 65.1 Å². The maximum atomic E-state index is 11.9. The van der Waals surface area contributed by atoms with Crippen molar-refractivity contribution in [2.24, 2.45) is 0 Å². The standard InChI is InChI=1S/C19H16BrN5O2/c20-14-6-4-5-13(11-14)9-10-17(26)27-12-16-23-18(21)25-19(24-16)22-15-7-2-1-3-8-15/h1-11H,12H2,(H3,21,22,23,24,25)/b10-9+. The van der Waals surface area contributed by atoms with Gasteiger partial charge in [0.25, 0.3) is 0 Å². The number of nitrogens with two attached hydrogens (primary N) is 1. The number of halogens is 1. The molecule has 3 aromatic rings. The predicted molar refractivity (Wildman–Crippen MR) is 107 cm³/mol. The van der Waals surface area contributed by atoms with Crippen molar-refractivity contribution in [3.05, 3.63) is 76.5 Å². The Morgan fingerprint density at radius 3 is 2.70 bits per heavy atom. The van der Waals surface area contributed by atoms with Gasteiger partial charge in [0.2, 0.25) is 11.9 Å². The molecule has 8 heteroatoms. The number of anilines is 3. The number of aromatic nitrogens is 3. The number of ether oxygens (including phenoxy) is 1. The third kappa shape index (κ3) is 5.89. The summed E-state index contributed by atoms with van der Waals surface area (Å²) in [6, 6.07) is 16.9. The molecule has 3 N–H and O–H groups in total. The zero-order valence-corrected chi connectivity index (χ0v) is 15.8. The third-order valence-corrected chi connectivity index (χ3v) is 3.83. The second-order valence-corrected chi connectivity index (χ2v) is 6.34. The molecule has 0 bridgehead atoms. The number of benzene rings is 2. The Labute approximate surface area is 164 Å². The van der Waals surface area contributed by atoms with E-state index in [1.54, 1.807) is 6.08 Å². The number of esters is 1. The van der Waals surface area contributed by atoms with Crippen molar-refractivity contribution in [3.8, 4) is 0 Å². The monoisotopic (exact) mass is 425 g/mol. The van der Waals surface area contributed by atoms with Crippen molar-refractivity contribution in [1.29, 1.82) is 0 Å². The number of rotatable bonds is 6. The van der Waals surface area contributed by atoms with E-state index in [4.69, 9.17) is 10.5 Å². The summed E-state index contributed by atoms with van der Waals surface area (Å²) in [6.45, 7) is -0.113. The molecule has 0 spiro atoms. The zero-order valence-electron chi connectivity index (χ0n) is 14.2. The minimum absolute atomic E-state index is 0.0409. The molecule has 7 nitrogen and oxygen atoms in total. The first-order chi connectivity index (χ1) is 13.1. The summed E-state index contributed by atoms with van der Waals surface area (Å²) in [7, 11) is 0. The molecule has 0 amide bonds. The molecule has 0 atom stereocenters. The minimum atomic E-state index is -0.508. The number of carbonyl (C=O) groups is 1. The first-order valence-electron chi connectivity index (χ1n) is 8.01. The molecular formula is C19H16BrN5O2. The summed E-state index contributed by atoms with van der Waals surface area (Å²) in [6.07, 6.45) is 3.01. The molecule has 0 saturated heterocycles. The Kier molecular flexibility index (Phi) is 6.11. The van der Waals surface area contributed by atoms with E-state index in [2.05, 4.69) is 36.2 Å². The molecule has 0 aliphatic carbocycles. The van der Waals surface area contributed by atoms with Crippen LogP contribution in [0.3, 0.4) is 0 Å². The number of carbonyl (C=O) groups excluding carboxylic acids is 1. The van der Waals surface area contributed by atoms with Gasteiger partial charge in [-0.3, -0.25) is 0 Å². The van der Waals surface area contributed by atoms with Gasteiger partial charge in [-0.25, -0.2) is 4.79 Å². The van der Waals surface area contributed by atoms with Crippen molar-refractivity contribution >= 4 is 45.6 Å². The summed E-state index contributed by atoms with van der Waals surface area (Å²) in [5.41, 5.74) is 7.39. The largest absolute Gasteiger partial charge is 0.454 e. The Balaban J connectivity index is 1.61. The van der Waals surface area contributed by atoms with E-state index in [9.17, 15) is 4.79 Å². The Morgan fingerprint density at radius 1 is 1.11 bits per heavy atom. The molecule has 0 unspecified atom stereocenters. The lowest BCUT2D eigenvalue weighted by Gasteiger charge is -2.07. The van der Waals surface area contributed by atoms with Crippen LogP contribution in [0.1, 0.15) is 11.4 Å². The molecule has 0 aliphatic rings. The highest BCUT2D eigenvalue weighted by Crippen LogP contribution is 2.14. The SMILES string of the molecule is Nc1nc(COC(=O)/C=C/c2cccc(Br)c2)nc(Nc2ccccc2)n1. The Bertz CT molecular complexity index is 963. The lowest BCUT2D eigenvalue weighted by atomic mass is 10.2. The van der Waals surface area contributed by atoms with Crippen LogP contribution < -0.4 is 11.1 Å². The second-order valence-electron chi connectivity index (χ2n) is 5.42. The molecular weight excluding hydrogens is 410 g/mol. The van der Waals surface area contributed by atoms with Crippen LogP contribution in [0, 0.1) is 0 Å². The van der Waals surface area contributed by atoms with Gasteiger partial charge in [-0.1, -0.05) is 46.3 Å². The fraction of sp³-hybridized carbons (Fsp3) is 0.0526. The summed E-state index contributed by atoms with van der Waals surface area (Å²) in [4.78, 5) is 24.1. The van der Waals surface area contributed by atoms with Gasteiger partial charge in [0.1, 0.15) is 0 Å². The molecule has 27 heavy (non-hydrogen) atoms. The van der Waals surface area contributed by atoms with Crippen molar-refractivity contribution in [3.63, 3.8) is 0 Å². The molecule has 0 aliphatic heterocycles. The van der Waals surface area contributed by atoms with Crippen molar-refractivity contribution in [2.45, 2.75) is 6.61 Å². The van der Waals surface area contributed by atoms with E-state index >= 15 is 0 Å². The van der Waals surface area contributed by atoms with Crippen LogP contribution in [0.5, 0.6) is 0 Å². The molecule has 2 aromatic carbocycles. The summed E-state index contributed by atoms with van der Waals surface area (Å²) >= 11 is 3.38. The van der Waals surface area contributed by atoms with Gasteiger partial charge in [0, 0.05) is 16.2 Å². The van der Waals surface area contributed by atoms with Crippen LogP contribution in [0.2, 0.25) is 0 Å². The van der Waals surface area contributed by atoms with Crippen molar-refractivity contribution in [2.75, 3.05) is 11.1 Å². The average Bonchev–Trinajstić information content (AvgIpc) is 2.65. The van der Waals surface area contributed by atoms with Gasteiger partial charge in [0.05, 0.1) is 0 Å². The fourth-order valence-corrected chi connectivity index (χ4v) is 2.58. The van der Waals surface area contributed by atoms with Gasteiger partial charge in [-0.15, -0.1) is 0 Å². The van der Waals surface area contributed by atoms with E-state index in [0.29, 0.717) is 0 Å². The van der Waals surface area contributed by atoms with Crippen LogP contribution >= 0.6 is 15.9 Å². The van der Waals surface area contributed by atoms with E-state index in [-0.39, 0.29) is 24.3 Å². The minimum Gasteiger partial charge on any atom is -0.454 e. The van der Waals surface area contributed by atoms with Crippen LogP contribution in [-0.4, -0.2) is 20.9 Å². The third-order valence-electron chi connectivity index (χ3n) is 3.33. The molecule has 3 rings (SSSR count). The summed E-state index contributed by atoms with van der Waals surface area (Å²) in [5, 5.41) is 3.02. The van der Waals surface area contributed by atoms with Crippen molar-refractivity contribution in [1.82, 2.24) is 15.0 Å².